The van der Waals surface area contributed by atoms with Gasteiger partial charge in [-0.15, -0.1) is 0 Å². The van der Waals surface area contributed by atoms with E-state index in [0.717, 1.165) is 29.3 Å². The molecule has 1 saturated heterocycles. The van der Waals surface area contributed by atoms with Crippen molar-refractivity contribution in [2.24, 2.45) is 5.90 Å². The maximum atomic E-state index is 13.4. The standard InChI is InChI=1S/C24H33N3O6S/c1-2-3-14-26-18-24(29)13-15-27(22(16-24)23(28)33-25)34(30,31)21-11-9-20(10-12-21)32-17-19-7-5-4-6-8-19/h4-12,22,26,29H,2-3,13-18,25H2,1H3/t22-,24+/m1/s1. The predicted octanol–water partition coefficient (Wildman–Crippen LogP) is 1.96. The van der Waals surface area contributed by atoms with E-state index in [0.29, 0.717) is 12.4 Å². The zero-order chi connectivity index (χ0) is 24.6. The van der Waals surface area contributed by atoms with E-state index in [1.807, 2.05) is 30.3 Å². The van der Waals surface area contributed by atoms with Crippen molar-refractivity contribution < 1.29 is 27.9 Å². The van der Waals surface area contributed by atoms with Crippen LogP contribution in [0.2, 0.25) is 0 Å². The molecule has 2 atom stereocenters. The molecule has 34 heavy (non-hydrogen) atoms. The number of carbonyl (C=O) groups is 1. The molecule has 0 bridgehead atoms. The third-order valence-corrected chi connectivity index (χ3v) is 7.87. The fourth-order valence-corrected chi connectivity index (χ4v) is 5.55. The molecule has 0 spiro atoms. The smallest absolute Gasteiger partial charge is 0.343 e. The average molecular weight is 492 g/mol. The third-order valence-electron chi connectivity index (χ3n) is 5.95. The van der Waals surface area contributed by atoms with Crippen LogP contribution in [0, 0.1) is 0 Å². The Bertz CT molecular complexity index is 1030. The Kier molecular flexibility index (Phi) is 9.03. The lowest BCUT2D eigenvalue weighted by Crippen LogP contribution is -2.58. The SMILES string of the molecule is CCCCNC[C@]1(O)CCN(S(=O)(=O)c2ccc(OCc3ccccc3)cc2)[C@@H](C(=O)ON)C1. The fraction of sp³-hybridized carbons (Fsp3) is 0.458. The second-order valence-electron chi connectivity index (χ2n) is 8.52. The fourth-order valence-electron chi connectivity index (χ4n) is 3.97. The highest BCUT2D eigenvalue weighted by atomic mass is 32.2. The minimum Gasteiger partial charge on any atom is -0.489 e. The van der Waals surface area contributed by atoms with Crippen LogP contribution in [-0.2, 0) is 26.3 Å². The van der Waals surface area contributed by atoms with Gasteiger partial charge >= 0.3 is 5.97 Å². The molecule has 4 N–H and O–H groups in total. The summed E-state index contributed by atoms with van der Waals surface area (Å²) in [6.45, 7) is 3.36. The summed E-state index contributed by atoms with van der Waals surface area (Å²) >= 11 is 0. The summed E-state index contributed by atoms with van der Waals surface area (Å²) in [4.78, 5) is 16.8. The van der Waals surface area contributed by atoms with Gasteiger partial charge in [-0.2, -0.15) is 10.2 Å². The first-order chi connectivity index (χ1) is 16.3. The number of unbranched alkanes of at least 4 members (excludes halogenated alkanes) is 1. The minimum atomic E-state index is -4.04. The predicted molar refractivity (Wildman–Crippen MR) is 127 cm³/mol. The highest BCUT2D eigenvalue weighted by Crippen LogP contribution is 2.32. The van der Waals surface area contributed by atoms with Gasteiger partial charge in [-0.05, 0) is 49.2 Å². The summed E-state index contributed by atoms with van der Waals surface area (Å²) in [7, 11) is -4.04. The zero-order valence-corrected chi connectivity index (χ0v) is 20.2. The van der Waals surface area contributed by atoms with Crippen LogP contribution in [0.15, 0.2) is 59.5 Å². The number of carbonyl (C=O) groups excluding carboxylic acids is 1. The van der Waals surface area contributed by atoms with Crippen molar-refractivity contribution in [1.82, 2.24) is 9.62 Å². The molecule has 0 unspecified atom stereocenters. The Morgan fingerprint density at radius 1 is 1.21 bits per heavy atom. The summed E-state index contributed by atoms with van der Waals surface area (Å²) < 4.78 is 33.5. The van der Waals surface area contributed by atoms with Crippen LogP contribution in [-0.4, -0.2) is 55.1 Å². The Hall–Kier alpha value is -2.50. The second-order valence-corrected chi connectivity index (χ2v) is 10.4. The molecule has 9 nitrogen and oxygen atoms in total. The van der Waals surface area contributed by atoms with Gasteiger partial charge in [-0.1, -0.05) is 43.7 Å². The maximum Gasteiger partial charge on any atom is 0.343 e. The van der Waals surface area contributed by atoms with Crippen molar-refractivity contribution in [1.29, 1.82) is 0 Å². The minimum absolute atomic E-state index is 0.0147. The highest BCUT2D eigenvalue weighted by molar-refractivity contribution is 7.89. The molecule has 2 aromatic carbocycles. The molecule has 1 fully saturated rings. The lowest BCUT2D eigenvalue weighted by atomic mass is 9.87. The lowest BCUT2D eigenvalue weighted by molar-refractivity contribution is -0.153. The number of nitrogens with one attached hydrogen (secondary N) is 1. The van der Waals surface area contributed by atoms with E-state index in [9.17, 15) is 18.3 Å². The molecule has 1 aliphatic heterocycles. The number of hydrogen-bond donors (Lipinski definition) is 3. The van der Waals surface area contributed by atoms with Crippen LogP contribution in [0.25, 0.3) is 0 Å². The van der Waals surface area contributed by atoms with Crippen LogP contribution in [0.1, 0.15) is 38.2 Å². The summed E-state index contributed by atoms with van der Waals surface area (Å²) in [5.41, 5.74) is -0.249. The molecule has 2 aromatic rings. The monoisotopic (exact) mass is 491 g/mol. The average Bonchev–Trinajstić information content (AvgIpc) is 2.85. The number of hydrogen-bond acceptors (Lipinski definition) is 8. The van der Waals surface area contributed by atoms with E-state index in [-0.39, 0.29) is 30.8 Å². The Morgan fingerprint density at radius 2 is 1.91 bits per heavy atom. The molecule has 0 aliphatic carbocycles. The largest absolute Gasteiger partial charge is 0.489 e. The van der Waals surface area contributed by atoms with Gasteiger partial charge < -0.3 is 20.0 Å². The first kappa shape index (κ1) is 26.1. The summed E-state index contributed by atoms with van der Waals surface area (Å²) in [5.74, 6) is 4.71. The Morgan fingerprint density at radius 3 is 2.56 bits per heavy atom. The van der Waals surface area contributed by atoms with Crippen LogP contribution in [0.3, 0.4) is 0 Å². The van der Waals surface area contributed by atoms with Crippen LogP contribution in [0.5, 0.6) is 5.75 Å². The first-order valence-corrected chi connectivity index (χ1v) is 12.9. The Labute approximate surface area is 200 Å². The van der Waals surface area contributed by atoms with Gasteiger partial charge in [0.2, 0.25) is 10.0 Å². The molecule has 0 saturated carbocycles. The Balaban J connectivity index is 1.71. The quantitative estimate of drug-likeness (QED) is 0.321. The molecule has 0 aromatic heterocycles. The molecule has 0 radical (unpaired) electrons. The number of ether oxygens (including phenoxy) is 1. The molecule has 1 aliphatic rings. The number of nitrogens with two attached hydrogens (primary N) is 1. The van der Waals surface area contributed by atoms with Crippen LogP contribution in [0.4, 0.5) is 0 Å². The van der Waals surface area contributed by atoms with Crippen LogP contribution < -0.4 is 16.0 Å². The normalized spacial score (nSPS) is 21.2. The van der Waals surface area contributed by atoms with E-state index in [2.05, 4.69) is 17.1 Å². The highest BCUT2D eigenvalue weighted by Gasteiger charge is 2.47. The number of nitrogens with zero attached hydrogens (tertiary/aromatic N) is 1. The summed E-state index contributed by atoms with van der Waals surface area (Å²) in [6, 6.07) is 14.4. The number of benzene rings is 2. The number of sulfonamides is 1. The maximum absolute atomic E-state index is 13.4. The van der Waals surface area contributed by atoms with E-state index in [4.69, 9.17) is 10.6 Å². The van der Waals surface area contributed by atoms with Crippen molar-refractivity contribution in [3.8, 4) is 5.75 Å². The third kappa shape index (κ3) is 6.55. The summed E-state index contributed by atoms with van der Waals surface area (Å²) in [5, 5.41) is 14.2. The molecular formula is C24H33N3O6S. The van der Waals surface area contributed by atoms with Crippen molar-refractivity contribution in [2.75, 3.05) is 19.6 Å². The molecule has 186 valence electrons. The molecule has 3 rings (SSSR count). The van der Waals surface area contributed by atoms with E-state index in [1.165, 1.54) is 12.1 Å². The van der Waals surface area contributed by atoms with Crippen molar-refractivity contribution >= 4 is 16.0 Å². The van der Waals surface area contributed by atoms with Gasteiger partial charge in [-0.25, -0.2) is 13.2 Å². The van der Waals surface area contributed by atoms with Gasteiger partial charge in [0, 0.05) is 19.5 Å². The van der Waals surface area contributed by atoms with E-state index >= 15 is 0 Å². The number of rotatable bonds is 11. The van der Waals surface area contributed by atoms with Crippen LogP contribution >= 0.6 is 0 Å². The number of aliphatic hydroxyl groups is 1. The zero-order valence-electron chi connectivity index (χ0n) is 19.4. The molecule has 0 amide bonds. The van der Waals surface area contributed by atoms with Gasteiger partial charge in [0.15, 0.2) is 0 Å². The van der Waals surface area contributed by atoms with Crippen molar-refractivity contribution in [2.45, 2.75) is 55.8 Å². The first-order valence-electron chi connectivity index (χ1n) is 11.4. The molecule has 1 heterocycles. The van der Waals surface area contributed by atoms with E-state index in [1.54, 1.807) is 12.1 Å². The lowest BCUT2D eigenvalue weighted by Gasteiger charge is -2.41. The van der Waals surface area contributed by atoms with Crippen molar-refractivity contribution in [3.63, 3.8) is 0 Å². The molecule has 10 heteroatoms. The summed E-state index contributed by atoms with van der Waals surface area (Å²) in [6.07, 6.45) is 2.03. The topological polar surface area (TPSA) is 131 Å². The van der Waals surface area contributed by atoms with Gasteiger partial charge in [0.1, 0.15) is 18.4 Å². The van der Waals surface area contributed by atoms with Crippen molar-refractivity contribution in [3.05, 3.63) is 60.2 Å². The van der Waals surface area contributed by atoms with E-state index < -0.39 is 27.6 Å². The number of piperidine rings is 1. The van der Waals surface area contributed by atoms with Gasteiger partial charge in [-0.3, -0.25) is 0 Å². The van der Waals surface area contributed by atoms with Gasteiger partial charge in [0.25, 0.3) is 0 Å². The second kappa shape index (κ2) is 11.8. The molecular weight excluding hydrogens is 458 g/mol. The van der Waals surface area contributed by atoms with Gasteiger partial charge in [0.05, 0.1) is 10.5 Å².